The zero-order valence-electron chi connectivity index (χ0n) is 13.4. The van der Waals surface area contributed by atoms with Crippen molar-refractivity contribution in [1.82, 2.24) is 15.6 Å². The molecule has 2 N–H and O–H groups in total. The first-order valence-corrected chi connectivity index (χ1v) is 8.33. The van der Waals surface area contributed by atoms with Gasteiger partial charge in [0, 0.05) is 29.1 Å². The molecule has 0 radical (unpaired) electrons. The predicted octanol–water partition coefficient (Wildman–Crippen LogP) is 3.02. The van der Waals surface area contributed by atoms with Crippen LogP contribution in [0, 0.1) is 12.3 Å². The number of aromatic nitrogens is 1. The second-order valence-electron chi connectivity index (χ2n) is 6.22. The first-order valence-electron chi connectivity index (χ1n) is 7.45. The van der Waals surface area contributed by atoms with E-state index in [0.717, 1.165) is 17.1 Å². The van der Waals surface area contributed by atoms with Crippen LogP contribution in [0.3, 0.4) is 0 Å². The third-order valence-electron chi connectivity index (χ3n) is 4.21. The van der Waals surface area contributed by atoms with E-state index in [1.165, 1.54) is 0 Å². The molecule has 1 saturated carbocycles. The first kappa shape index (κ1) is 16.2. The minimum Gasteiger partial charge on any atom is -0.378 e. The van der Waals surface area contributed by atoms with Crippen LogP contribution in [0.5, 0.6) is 0 Å². The summed E-state index contributed by atoms with van der Waals surface area (Å²) in [6.07, 6.45) is 1.10. The lowest BCUT2D eigenvalue weighted by molar-refractivity contribution is -0.110. The summed E-state index contributed by atoms with van der Waals surface area (Å²) in [6, 6.07) is -0.0581. The molecule has 0 unspecified atom stereocenters. The van der Waals surface area contributed by atoms with Gasteiger partial charge in [0.15, 0.2) is 0 Å². The van der Waals surface area contributed by atoms with Crippen molar-refractivity contribution in [3.63, 3.8) is 0 Å². The number of carbonyl (C=O) groups excluding carboxylic acids is 1. The maximum absolute atomic E-state index is 12.1. The normalized spacial score (nSPS) is 25.0. The minimum absolute atomic E-state index is 0.0195. The number of rotatable bonds is 5. The Bertz CT molecular complexity index is 501. The summed E-state index contributed by atoms with van der Waals surface area (Å²) in [6.45, 7) is 10.9. The van der Waals surface area contributed by atoms with Gasteiger partial charge in [0.2, 0.25) is 0 Å². The third-order valence-corrected chi connectivity index (χ3v) is 5.35. The molecule has 118 valence electrons. The van der Waals surface area contributed by atoms with Crippen LogP contribution in [0.4, 0.5) is 4.79 Å². The lowest BCUT2D eigenvalue weighted by Gasteiger charge is -2.51. The molecule has 3 atom stereocenters. The van der Waals surface area contributed by atoms with E-state index in [9.17, 15) is 4.79 Å². The van der Waals surface area contributed by atoms with Crippen molar-refractivity contribution in [2.24, 2.45) is 5.41 Å². The molecule has 0 spiro atoms. The second-order valence-corrected chi connectivity index (χ2v) is 7.11. The number of carbonyl (C=O) groups is 1. The van der Waals surface area contributed by atoms with Gasteiger partial charge >= 0.3 is 6.03 Å². The van der Waals surface area contributed by atoms with Crippen molar-refractivity contribution in [2.45, 2.75) is 59.2 Å². The van der Waals surface area contributed by atoms with Crippen LogP contribution >= 0.6 is 11.3 Å². The minimum atomic E-state index is -0.136. The van der Waals surface area contributed by atoms with Crippen molar-refractivity contribution in [3.8, 4) is 0 Å². The maximum Gasteiger partial charge on any atom is 0.315 e. The lowest BCUT2D eigenvalue weighted by Crippen LogP contribution is -2.63. The summed E-state index contributed by atoms with van der Waals surface area (Å²) in [5.41, 5.74) is 0.970. The van der Waals surface area contributed by atoms with Crippen molar-refractivity contribution in [1.29, 1.82) is 0 Å². The fourth-order valence-electron chi connectivity index (χ4n) is 2.64. The SMILES string of the molecule is CCO[C@@H]1C[C@@H](NC(=O)N[C@H](C)c2nc(C)cs2)C1(C)C. The predicted molar refractivity (Wildman–Crippen MR) is 84.5 cm³/mol. The highest BCUT2D eigenvalue weighted by molar-refractivity contribution is 7.09. The van der Waals surface area contributed by atoms with Crippen molar-refractivity contribution in [2.75, 3.05) is 6.61 Å². The van der Waals surface area contributed by atoms with Crippen LogP contribution < -0.4 is 10.6 Å². The fourth-order valence-corrected chi connectivity index (χ4v) is 3.45. The average molecular weight is 311 g/mol. The first-order chi connectivity index (χ1) is 9.84. The summed E-state index contributed by atoms with van der Waals surface area (Å²) in [7, 11) is 0. The molecule has 1 aliphatic rings. The second kappa shape index (κ2) is 6.32. The maximum atomic E-state index is 12.1. The third kappa shape index (κ3) is 3.55. The summed E-state index contributed by atoms with van der Waals surface area (Å²) in [5, 5.41) is 8.93. The Morgan fingerprint density at radius 2 is 2.33 bits per heavy atom. The van der Waals surface area contributed by atoms with Gasteiger partial charge in [-0.3, -0.25) is 0 Å². The Hall–Kier alpha value is -1.14. The van der Waals surface area contributed by atoms with Gasteiger partial charge < -0.3 is 15.4 Å². The van der Waals surface area contributed by atoms with Crippen molar-refractivity contribution in [3.05, 3.63) is 16.1 Å². The zero-order chi connectivity index (χ0) is 15.6. The molecular formula is C15H25N3O2S. The number of hydrogen-bond acceptors (Lipinski definition) is 4. The summed E-state index contributed by atoms with van der Waals surface area (Å²) in [5.74, 6) is 0. The molecule has 1 heterocycles. The molecule has 6 heteroatoms. The van der Waals surface area contributed by atoms with E-state index in [4.69, 9.17) is 4.74 Å². The molecule has 0 bridgehead atoms. The molecule has 1 aliphatic carbocycles. The Morgan fingerprint density at radius 3 is 2.86 bits per heavy atom. The van der Waals surface area contributed by atoms with Gasteiger partial charge in [0.25, 0.3) is 0 Å². The summed E-state index contributed by atoms with van der Waals surface area (Å²) < 4.78 is 5.68. The molecule has 0 aliphatic heterocycles. The highest BCUT2D eigenvalue weighted by atomic mass is 32.1. The molecule has 2 amide bonds. The number of urea groups is 1. The molecule has 1 fully saturated rings. The van der Waals surface area contributed by atoms with Crippen molar-refractivity contribution < 1.29 is 9.53 Å². The Balaban J connectivity index is 1.83. The zero-order valence-corrected chi connectivity index (χ0v) is 14.2. The lowest BCUT2D eigenvalue weighted by atomic mass is 9.64. The number of nitrogens with zero attached hydrogens (tertiary/aromatic N) is 1. The molecule has 1 aromatic heterocycles. The number of hydrogen-bond donors (Lipinski definition) is 2. The highest BCUT2D eigenvalue weighted by Crippen LogP contribution is 2.42. The van der Waals surface area contributed by atoms with Crippen LogP contribution in [0.2, 0.25) is 0 Å². The monoisotopic (exact) mass is 311 g/mol. The number of amides is 2. The molecule has 1 aromatic rings. The van der Waals surface area contributed by atoms with E-state index >= 15 is 0 Å². The molecular weight excluding hydrogens is 286 g/mol. The quantitative estimate of drug-likeness (QED) is 0.878. The van der Waals surface area contributed by atoms with E-state index in [2.05, 4.69) is 29.5 Å². The Labute approximate surface area is 130 Å². The largest absolute Gasteiger partial charge is 0.378 e. The van der Waals surface area contributed by atoms with Crippen LogP contribution in [0.15, 0.2) is 5.38 Å². The van der Waals surface area contributed by atoms with Gasteiger partial charge in [0.05, 0.1) is 12.1 Å². The van der Waals surface area contributed by atoms with Gasteiger partial charge in [-0.1, -0.05) is 13.8 Å². The van der Waals surface area contributed by atoms with Crippen LogP contribution in [-0.2, 0) is 4.74 Å². The number of nitrogens with one attached hydrogen (secondary N) is 2. The molecule has 0 aromatic carbocycles. The summed E-state index contributed by atoms with van der Waals surface area (Å²) >= 11 is 1.57. The smallest absolute Gasteiger partial charge is 0.315 e. The average Bonchev–Trinajstić information content (AvgIpc) is 2.84. The van der Waals surface area contributed by atoms with Crippen LogP contribution in [-0.4, -0.2) is 29.8 Å². The number of aryl methyl sites for hydroxylation is 1. The van der Waals surface area contributed by atoms with Gasteiger partial charge in [-0.05, 0) is 27.2 Å². The van der Waals surface area contributed by atoms with E-state index in [1.54, 1.807) is 11.3 Å². The molecule has 2 rings (SSSR count). The standard InChI is InChI=1S/C15H25N3O2S/c1-6-20-12-7-11(15(12,4)5)18-14(19)17-10(3)13-16-9(2)8-21-13/h8,10-12H,6-7H2,1-5H3,(H2,17,18,19)/t10-,11-,12-/m1/s1. The fraction of sp³-hybridized carbons (Fsp3) is 0.733. The van der Waals surface area contributed by atoms with E-state index in [0.29, 0.717) is 6.61 Å². The molecule has 21 heavy (non-hydrogen) atoms. The van der Waals surface area contributed by atoms with Gasteiger partial charge in [-0.2, -0.15) is 0 Å². The summed E-state index contributed by atoms with van der Waals surface area (Å²) in [4.78, 5) is 16.5. The van der Waals surface area contributed by atoms with Crippen molar-refractivity contribution >= 4 is 17.4 Å². The Morgan fingerprint density at radius 1 is 1.62 bits per heavy atom. The van der Waals surface area contributed by atoms with Crippen LogP contribution in [0.25, 0.3) is 0 Å². The number of ether oxygens (including phenoxy) is 1. The molecule has 0 saturated heterocycles. The van der Waals surface area contributed by atoms with Gasteiger partial charge in [0.1, 0.15) is 5.01 Å². The highest BCUT2D eigenvalue weighted by Gasteiger charge is 2.49. The molecule has 5 nitrogen and oxygen atoms in total. The van der Waals surface area contributed by atoms with Gasteiger partial charge in [-0.15, -0.1) is 11.3 Å². The van der Waals surface area contributed by atoms with E-state index < -0.39 is 0 Å². The Kier molecular flexibility index (Phi) is 4.88. The van der Waals surface area contributed by atoms with E-state index in [-0.39, 0.29) is 29.6 Å². The van der Waals surface area contributed by atoms with Crippen LogP contribution in [0.1, 0.15) is 50.9 Å². The van der Waals surface area contributed by atoms with E-state index in [1.807, 2.05) is 26.2 Å². The topological polar surface area (TPSA) is 63.2 Å². The van der Waals surface area contributed by atoms with Gasteiger partial charge in [-0.25, -0.2) is 9.78 Å². The number of thiazole rings is 1.